The van der Waals surface area contributed by atoms with Crippen LogP contribution < -0.4 is 0 Å². The van der Waals surface area contributed by atoms with Crippen molar-refractivity contribution in [3.63, 3.8) is 0 Å². The molecule has 4 heteroatoms. The van der Waals surface area contributed by atoms with Gasteiger partial charge in [-0.1, -0.05) is 54.1 Å². The maximum absolute atomic E-state index is 6.26. The van der Waals surface area contributed by atoms with Crippen molar-refractivity contribution in [3.05, 3.63) is 77.2 Å². The Bertz CT molecular complexity index is 929. The summed E-state index contributed by atoms with van der Waals surface area (Å²) in [4.78, 5) is 9.03. The fourth-order valence-electron chi connectivity index (χ4n) is 2.57. The number of fused-ring (bicyclic) bond motifs is 3. The summed E-state index contributed by atoms with van der Waals surface area (Å²) < 4.78 is 2.02. The summed E-state index contributed by atoms with van der Waals surface area (Å²) in [6.45, 7) is 0. The highest BCUT2D eigenvalue weighted by atomic mass is 35.5. The highest BCUT2D eigenvalue weighted by molar-refractivity contribution is 6.32. The lowest BCUT2D eigenvalue weighted by Gasteiger charge is -2.01. The van der Waals surface area contributed by atoms with Gasteiger partial charge in [0.25, 0.3) is 0 Å². The van der Waals surface area contributed by atoms with Crippen LogP contribution in [0.15, 0.2) is 60.8 Å². The molecule has 2 aromatic heterocycles. The van der Waals surface area contributed by atoms with Crippen LogP contribution in [0.2, 0.25) is 5.15 Å². The molecular weight excluding hydrogens is 282 g/mol. The van der Waals surface area contributed by atoms with Gasteiger partial charge in [0.15, 0.2) is 10.8 Å². The van der Waals surface area contributed by atoms with Crippen molar-refractivity contribution < 1.29 is 0 Å². The fraction of sp³-hybridized carbons (Fsp3) is 0.0588. The third-order valence-electron chi connectivity index (χ3n) is 3.53. The number of imidazole rings is 1. The van der Waals surface area contributed by atoms with Crippen molar-refractivity contribution in [1.82, 2.24) is 14.4 Å². The molecule has 0 unspecified atom stereocenters. The van der Waals surface area contributed by atoms with E-state index in [4.69, 9.17) is 11.6 Å². The van der Waals surface area contributed by atoms with E-state index in [1.807, 2.05) is 53.1 Å². The maximum Gasteiger partial charge on any atom is 0.175 e. The van der Waals surface area contributed by atoms with Crippen LogP contribution >= 0.6 is 11.6 Å². The summed E-state index contributed by atoms with van der Waals surface area (Å²) in [7, 11) is 0. The molecule has 0 N–H and O–H groups in total. The number of nitrogens with zero attached hydrogens (tertiary/aromatic N) is 3. The van der Waals surface area contributed by atoms with E-state index in [0.29, 0.717) is 10.8 Å². The average molecular weight is 294 g/mol. The molecule has 0 atom stereocenters. The van der Waals surface area contributed by atoms with Gasteiger partial charge in [-0.2, -0.15) is 0 Å². The minimum Gasteiger partial charge on any atom is -0.295 e. The summed E-state index contributed by atoms with van der Waals surface area (Å²) in [5.41, 5.74) is 4.82. The normalized spacial score (nSPS) is 11.3. The van der Waals surface area contributed by atoms with Gasteiger partial charge in [-0.05, 0) is 17.7 Å². The minimum atomic E-state index is 0.438. The molecule has 0 fully saturated rings. The largest absolute Gasteiger partial charge is 0.295 e. The summed E-state index contributed by atoms with van der Waals surface area (Å²) in [5.74, 6) is 0. The number of rotatable bonds is 2. The second kappa shape index (κ2) is 4.86. The average Bonchev–Trinajstić information content (AvgIpc) is 2.93. The van der Waals surface area contributed by atoms with E-state index in [9.17, 15) is 0 Å². The number of benzene rings is 2. The maximum atomic E-state index is 6.26. The van der Waals surface area contributed by atoms with Gasteiger partial charge in [-0.25, -0.2) is 9.97 Å². The van der Waals surface area contributed by atoms with Crippen molar-refractivity contribution in [3.8, 4) is 0 Å². The van der Waals surface area contributed by atoms with Crippen molar-refractivity contribution >= 4 is 28.3 Å². The second-order valence-electron chi connectivity index (χ2n) is 4.98. The molecule has 0 amide bonds. The first-order valence-electron chi connectivity index (χ1n) is 6.77. The molecule has 2 heterocycles. The standard InChI is InChI=1S/C17H12ClN3/c18-16-17-19-13(10-12-6-2-1-3-7-12)11-21(17)15-9-5-4-8-14(15)20-16/h1-9,11H,10H2. The first-order valence-corrected chi connectivity index (χ1v) is 7.15. The van der Waals surface area contributed by atoms with Gasteiger partial charge >= 0.3 is 0 Å². The molecule has 0 saturated heterocycles. The Labute approximate surface area is 126 Å². The minimum absolute atomic E-state index is 0.438. The van der Waals surface area contributed by atoms with E-state index in [1.165, 1.54) is 5.56 Å². The summed E-state index contributed by atoms with van der Waals surface area (Å²) in [6, 6.07) is 18.2. The van der Waals surface area contributed by atoms with Crippen molar-refractivity contribution in [2.45, 2.75) is 6.42 Å². The molecule has 0 bridgehead atoms. The van der Waals surface area contributed by atoms with Gasteiger partial charge < -0.3 is 0 Å². The lowest BCUT2D eigenvalue weighted by atomic mass is 10.1. The lowest BCUT2D eigenvalue weighted by Crippen LogP contribution is -1.91. The first-order chi connectivity index (χ1) is 10.3. The van der Waals surface area contributed by atoms with Gasteiger partial charge in [0.05, 0.1) is 16.7 Å². The van der Waals surface area contributed by atoms with E-state index in [-0.39, 0.29) is 0 Å². The number of aromatic nitrogens is 3. The van der Waals surface area contributed by atoms with Gasteiger partial charge in [0.2, 0.25) is 0 Å². The van der Waals surface area contributed by atoms with Crippen LogP contribution in [0, 0.1) is 0 Å². The molecule has 0 spiro atoms. The molecule has 102 valence electrons. The zero-order chi connectivity index (χ0) is 14.2. The Balaban J connectivity index is 1.89. The van der Waals surface area contributed by atoms with Crippen molar-refractivity contribution in [1.29, 1.82) is 0 Å². The third-order valence-corrected chi connectivity index (χ3v) is 3.78. The van der Waals surface area contributed by atoms with Crippen LogP contribution in [0.3, 0.4) is 0 Å². The second-order valence-corrected chi connectivity index (χ2v) is 5.34. The van der Waals surface area contributed by atoms with Gasteiger partial charge in [-0.15, -0.1) is 0 Å². The van der Waals surface area contributed by atoms with Crippen LogP contribution in [0.5, 0.6) is 0 Å². The Kier molecular flexibility index (Phi) is 2.86. The predicted octanol–water partition coefficient (Wildman–Crippen LogP) is 4.13. The molecule has 3 nitrogen and oxygen atoms in total. The molecule has 0 saturated carbocycles. The summed E-state index contributed by atoms with van der Waals surface area (Å²) in [6.07, 6.45) is 2.82. The smallest absolute Gasteiger partial charge is 0.175 e. The third kappa shape index (κ3) is 2.16. The number of halogens is 1. The molecule has 0 aliphatic carbocycles. The van der Waals surface area contributed by atoms with Gasteiger partial charge in [0, 0.05) is 12.6 Å². The van der Waals surface area contributed by atoms with Crippen molar-refractivity contribution in [2.24, 2.45) is 0 Å². The van der Waals surface area contributed by atoms with Gasteiger partial charge in [0.1, 0.15) is 0 Å². The Morgan fingerprint density at radius 1 is 0.905 bits per heavy atom. The van der Waals surface area contributed by atoms with E-state index in [0.717, 1.165) is 23.1 Å². The molecule has 2 aromatic carbocycles. The molecular formula is C17H12ClN3. The molecule has 0 radical (unpaired) electrons. The predicted molar refractivity (Wildman–Crippen MR) is 84.8 cm³/mol. The van der Waals surface area contributed by atoms with Gasteiger partial charge in [-0.3, -0.25) is 4.40 Å². The highest BCUT2D eigenvalue weighted by Crippen LogP contribution is 2.22. The quantitative estimate of drug-likeness (QED) is 0.556. The molecule has 4 rings (SSSR count). The van der Waals surface area contributed by atoms with Crippen LogP contribution in [0.4, 0.5) is 0 Å². The molecule has 4 aromatic rings. The lowest BCUT2D eigenvalue weighted by molar-refractivity contribution is 1.12. The van der Waals surface area contributed by atoms with E-state index >= 15 is 0 Å². The zero-order valence-electron chi connectivity index (χ0n) is 11.2. The Morgan fingerprint density at radius 3 is 2.52 bits per heavy atom. The van der Waals surface area contributed by atoms with Crippen LogP contribution in [-0.4, -0.2) is 14.4 Å². The van der Waals surface area contributed by atoms with Crippen molar-refractivity contribution in [2.75, 3.05) is 0 Å². The SMILES string of the molecule is Clc1nc2ccccc2n2cc(Cc3ccccc3)nc12. The number of para-hydroxylation sites is 2. The number of hydrogen-bond donors (Lipinski definition) is 0. The summed E-state index contributed by atoms with van der Waals surface area (Å²) >= 11 is 6.26. The number of hydrogen-bond acceptors (Lipinski definition) is 2. The Hall–Kier alpha value is -2.39. The first kappa shape index (κ1) is 12.4. The molecule has 0 aliphatic heterocycles. The van der Waals surface area contributed by atoms with E-state index in [2.05, 4.69) is 22.1 Å². The monoisotopic (exact) mass is 293 g/mol. The summed E-state index contributed by atoms with van der Waals surface area (Å²) in [5, 5.41) is 0.438. The zero-order valence-corrected chi connectivity index (χ0v) is 12.0. The van der Waals surface area contributed by atoms with Crippen LogP contribution in [0.1, 0.15) is 11.3 Å². The van der Waals surface area contributed by atoms with E-state index < -0.39 is 0 Å². The Morgan fingerprint density at radius 2 is 1.67 bits per heavy atom. The molecule has 21 heavy (non-hydrogen) atoms. The molecule has 0 aliphatic rings. The van der Waals surface area contributed by atoms with Crippen LogP contribution in [0.25, 0.3) is 16.7 Å². The van der Waals surface area contributed by atoms with E-state index in [1.54, 1.807) is 0 Å². The highest BCUT2D eigenvalue weighted by Gasteiger charge is 2.10. The fourth-order valence-corrected chi connectivity index (χ4v) is 2.79. The van der Waals surface area contributed by atoms with Crippen LogP contribution in [-0.2, 0) is 6.42 Å². The topological polar surface area (TPSA) is 30.2 Å².